The van der Waals surface area contributed by atoms with Gasteiger partial charge in [0.1, 0.15) is 0 Å². The molecule has 0 aliphatic carbocycles. The number of sulfonamides is 1. The van der Waals surface area contributed by atoms with Gasteiger partial charge in [-0.1, -0.05) is 13.8 Å². The molecule has 0 amide bonds. The molecule has 0 radical (unpaired) electrons. The van der Waals surface area contributed by atoms with Gasteiger partial charge in [0.25, 0.3) is 0 Å². The van der Waals surface area contributed by atoms with Crippen LogP contribution >= 0.6 is 0 Å². The molecule has 0 aromatic rings. The lowest BCUT2D eigenvalue weighted by Crippen LogP contribution is -2.35. The lowest BCUT2D eigenvalue weighted by Gasteiger charge is -2.21. The Morgan fingerprint density at radius 1 is 1.38 bits per heavy atom. The Morgan fingerprint density at radius 2 is 1.92 bits per heavy atom. The maximum absolute atomic E-state index is 11.2. The van der Waals surface area contributed by atoms with Crippen molar-refractivity contribution in [3.63, 3.8) is 0 Å². The average molecular weight is 209 g/mol. The molecule has 0 N–H and O–H groups in total. The van der Waals surface area contributed by atoms with Crippen molar-refractivity contribution in [1.29, 1.82) is 0 Å². The lowest BCUT2D eigenvalue weighted by molar-refractivity contribution is 0.175. The van der Waals surface area contributed by atoms with Crippen molar-refractivity contribution in [3.05, 3.63) is 0 Å². The molecule has 0 spiro atoms. The molecule has 0 unspecified atom stereocenters. The summed E-state index contributed by atoms with van der Waals surface area (Å²) in [6, 6.07) is 0. The van der Waals surface area contributed by atoms with Gasteiger partial charge in [-0.05, 0) is 5.92 Å². The first kappa shape index (κ1) is 12.9. The summed E-state index contributed by atoms with van der Waals surface area (Å²) in [5, 5.41) is 0. The summed E-state index contributed by atoms with van der Waals surface area (Å²) in [5.74, 6) is 0.339. The van der Waals surface area contributed by atoms with E-state index in [2.05, 4.69) is 0 Å². The van der Waals surface area contributed by atoms with Crippen molar-refractivity contribution in [2.75, 3.05) is 33.1 Å². The molecule has 0 heterocycles. The Labute approximate surface area is 80.9 Å². The first-order chi connectivity index (χ1) is 5.88. The summed E-state index contributed by atoms with van der Waals surface area (Å²) in [6.07, 6.45) is 1.23. The van der Waals surface area contributed by atoms with Gasteiger partial charge >= 0.3 is 0 Å². The predicted octanol–water partition coefficient (Wildman–Crippen LogP) is 0.550. The summed E-state index contributed by atoms with van der Waals surface area (Å²) < 4.78 is 28.8. The maximum atomic E-state index is 11.2. The first-order valence-corrected chi connectivity index (χ1v) is 6.16. The van der Waals surface area contributed by atoms with Crippen LogP contribution in [0, 0.1) is 5.92 Å². The van der Waals surface area contributed by atoms with Gasteiger partial charge in [0.2, 0.25) is 10.0 Å². The molecule has 0 aromatic heterocycles. The highest BCUT2D eigenvalue weighted by atomic mass is 32.2. The van der Waals surface area contributed by atoms with E-state index < -0.39 is 10.0 Å². The Kier molecular flexibility index (Phi) is 5.51. The van der Waals surface area contributed by atoms with Crippen LogP contribution in [0.4, 0.5) is 0 Å². The minimum atomic E-state index is -3.08. The van der Waals surface area contributed by atoms with Gasteiger partial charge < -0.3 is 4.74 Å². The molecule has 0 atom stereocenters. The topological polar surface area (TPSA) is 46.6 Å². The van der Waals surface area contributed by atoms with Gasteiger partial charge in [0, 0.05) is 20.2 Å². The molecule has 0 saturated heterocycles. The fraction of sp³-hybridized carbons (Fsp3) is 1.00. The average Bonchev–Trinajstić information content (AvgIpc) is 1.95. The van der Waals surface area contributed by atoms with E-state index in [1.165, 1.54) is 10.6 Å². The van der Waals surface area contributed by atoms with Gasteiger partial charge in [-0.3, -0.25) is 0 Å². The van der Waals surface area contributed by atoms with Gasteiger partial charge in [-0.25, -0.2) is 8.42 Å². The molecule has 80 valence electrons. The van der Waals surface area contributed by atoms with Crippen LogP contribution in [0.2, 0.25) is 0 Å². The molecule has 0 bridgehead atoms. The van der Waals surface area contributed by atoms with Crippen LogP contribution in [0.25, 0.3) is 0 Å². The molecule has 0 fully saturated rings. The van der Waals surface area contributed by atoms with Crippen molar-refractivity contribution in [2.24, 2.45) is 5.92 Å². The quantitative estimate of drug-likeness (QED) is 0.642. The Morgan fingerprint density at radius 3 is 2.23 bits per heavy atom. The summed E-state index contributed by atoms with van der Waals surface area (Å²) in [7, 11) is -1.51. The molecule has 0 aromatic carbocycles. The summed E-state index contributed by atoms with van der Waals surface area (Å²) in [6.45, 7) is 5.42. The number of hydrogen-bond acceptors (Lipinski definition) is 3. The molecule has 13 heavy (non-hydrogen) atoms. The predicted molar refractivity (Wildman–Crippen MR) is 53.1 cm³/mol. The number of hydrogen-bond donors (Lipinski definition) is 0. The number of methoxy groups -OCH3 is 1. The highest BCUT2D eigenvalue weighted by molar-refractivity contribution is 7.88. The highest BCUT2D eigenvalue weighted by Gasteiger charge is 2.16. The second-order valence-corrected chi connectivity index (χ2v) is 5.49. The normalized spacial score (nSPS) is 12.8. The van der Waals surface area contributed by atoms with E-state index in [-0.39, 0.29) is 0 Å². The van der Waals surface area contributed by atoms with Crippen LogP contribution in [0.15, 0.2) is 0 Å². The third-order valence-corrected chi connectivity index (χ3v) is 2.85. The van der Waals surface area contributed by atoms with Crippen LogP contribution in [-0.2, 0) is 14.8 Å². The monoisotopic (exact) mass is 209 g/mol. The smallest absolute Gasteiger partial charge is 0.211 e. The van der Waals surface area contributed by atoms with Gasteiger partial charge in [0.05, 0.1) is 12.9 Å². The molecule has 0 rings (SSSR count). The minimum absolute atomic E-state index is 0.339. The highest BCUT2D eigenvalue weighted by Crippen LogP contribution is 2.03. The van der Waals surface area contributed by atoms with Crippen molar-refractivity contribution in [1.82, 2.24) is 4.31 Å². The van der Waals surface area contributed by atoms with E-state index in [1.807, 2.05) is 13.8 Å². The third-order valence-electron chi connectivity index (χ3n) is 1.58. The largest absolute Gasteiger partial charge is 0.383 e. The van der Waals surface area contributed by atoms with E-state index >= 15 is 0 Å². The summed E-state index contributed by atoms with van der Waals surface area (Å²) >= 11 is 0. The van der Waals surface area contributed by atoms with Crippen LogP contribution < -0.4 is 0 Å². The fourth-order valence-electron chi connectivity index (χ4n) is 0.993. The van der Waals surface area contributed by atoms with Gasteiger partial charge in [-0.2, -0.15) is 4.31 Å². The van der Waals surface area contributed by atoms with E-state index in [9.17, 15) is 8.42 Å². The molecule has 0 saturated carbocycles. The van der Waals surface area contributed by atoms with E-state index in [0.29, 0.717) is 25.6 Å². The second kappa shape index (κ2) is 5.57. The SMILES string of the molecule is COCCN(CC(C)C)S(C)(=O)=O. The first-order valence-electron chi connectivity index (χ1n) is 4.32. The molecule has 5 heteroatoms. The summed E-state index contributed by atoms with van der Waals surface area (Å²) in [4.78, 5) is 0. The fourth-order valence-corrected chi connectivity index (χ4v) is 1.97. The third kappa shape index (κ3) is 6.01. The van der Waals surface area contributed by atoms with Crippen LogP contribution in [-0.4, -0.2) is 45.8 Å². The second-order valence-electron chi connectivity index (χ2n) is 3.51. The van der Waals surface area contributed by atoms with Gasteiger partial charge in [-0.15, -0.1) is 0 Å². The number of rotatable bonds is 6. The van der Waals surface area contributed by atoms with Crippen LogP contribution in [0.5, 0.6) is 0 Å². The minimum Gasteiger partial charge on any atom is -0.383 e. The van der Waals surface area contributed by atoms with Crippen LogP contribution in [0.1, 0.15) is 13.8 Å². The molecule has 4 nitrogen and oxygen atoms in total. The van der Waals surface area contributed by atoms with E-state index in [0.717, 1.165) is 0 Å². The number of ether oxygens (including phenoxy) is 1. The van der Waals surface area contributed by atoms with Crippen molar-refractivity contribution >= 4 is 10.0 Å². The van der Waals surface area contributed by atoms with E-state index in [1.54, 1.807) is 7.11 Å². The zero-order chi connectivity index (χ0) is 10.5. The van der Waals surface area contributed by atoms with Crippen molar-refractivity contribution in [3.8, 4) is 0 Å². The molecular formula is C8H19NO3S. The molecular weight excluding hydrogens is 190 g/mol. The zero-order valence-corrected chi connectivity index (χ0v) is 9.60. The van der Waals surface area contributed by atoms with E-state index in [4.69, 9.17) is 4.74 Å². The number of nitrogens with zero attached hydrogens (tertiary/aromatic N) is 1. The summed E-state index contributed by atoms with van der Waals surface area (Å²) in [5.41, 5.74) is 0. The standard InChI is InChI=1S/C8H19NO3S/c1-8(2)7-9(5-6-12-3)13(4,10)11/h8H,5-7H2,1-4H3. The Hall–Kier alpha value is -0.130. The van der Waals surface area contributed by atoms with Crippen LogP contribution in [0.3, 0.4) is 0 Å². The van der Waals surface area contributed by atoms with Gasteiger partial charge in [0.15, 0.2) is 0 Å². The maximum Gasteiger partial charge on any atom is 0.211 e. The zero-order valence-electron chi connectivity index (χ0n) is 8.78. The molecule has 0 aliphatic rings. The lowest BCUT2D eigenvalue weighted by atomic mass is 10.2. The Balaban J connectivity index is 4.21. The van der Waals surface area contributed by atoms with Crippen molar-refractivity contribution in [2.45, 2.75) is 13.8 Å². The molecule has 0 aliphatic heterocycles. The van der Waals surface area contributed by atoms with Crippen molar-refractivity contribution < 1.29 is 13.2 Å². The Bertz CT molecular complexity index is 224.